The number of rotatable bonds is 6. The molecule has 0 aliphatic rings. The van der Waals surface area contributed by atoms with Gasteiger partial charge in [0.15, 0.2) is 5.78 Å². The van der Waals surface area contributed by atoms with Gasteiger partial charge in [-0.1, -0.05) is 11.8 Å². The van der Waals surface area contributed by atoms with Crippen LogP contribution in [-0.4, -0.2) is 35.3 Å². The van der Waals surface area contributed by atoms with Crippen LogP contribution in [0.5, 0.6) is 0 Å². The van der Waals surface area contributed by atoms with Crippen molar-refractivity contribution < 1.29 is 9.21 Å². The zero-order chi connectivity index (χ0) is 20.6. The molecule has 0 saturated carbocycles. The number of anilines is 1. The molecule has 148 valence electrons. The first-order valence-electron chi connectivity index (χ1n) is 8.18. The number of aromatic nitrogens is 5. The highest BCUT2D eigenvalue weighted by Gasteiger charge is 2.27. The van der Waals surface area contributed by atoms with Crippen molar-refractivity contribution in [2.45, 2.75) is 30.7 Å². The fourth-order valence-electron chi connectivity index (χ4n) is 2.50. The largest absolute Gasteiger partial charge is 0.416 e. The van der Waals surface area contributed by atoms with Gasteiger partial charge in [0.1, 0.15) is 11.4 Å². The molecule has 3 rings (SSSR count). The van der Waals surface area contributed by atoms with Crippen LogP contribution in [0.15, 0.2) is 24.6 Å². The zero-order valence-corrected chi connectivity index (χ0v) is 17.3. The van der Waals surface area contributed by atoms with Gasteiger partial charge in [-0.15, -0.1) is 21.5 Å². The molecule has 3 aromatic heterocycles. The summed E-state index contributed by atoms with van der Waals surface area (Å²) in [6.07, 6.45) is 0.397. The molecular formula is C16H18N6O4S2. The second kappa shape index (κ2) is 7.72. The molecule has 28 heavy (non-hydrogen) atoms. The van der Waals surface area contributed by atoms with Crippen LogP contribution in [0.1, 0.15) is 33.9 Å². The highest BCUT2D eigenvalue weighted by Crippen LogP contribution is 2.25. The predicted molar refractivity (Wildman–Crippen MR) is 105 cm³/mol. The second-order valence-corrected chi connectivity index (χ2v) is 8.44. The van der Waals surface area contributed by atoms with E-state index in [0.717, 1.165) is 31.6 Å². The van der Waals surface area contributed by atoms with Gasteiger partial charge in [-0.3, -0.25) is 18.7 Å². The van der Waals surface area contributed by atoms with E-state index in [0.29, 0.717) is 12.3 Å². The van der Waals surface area contributed by atoms with E-state index in [1.54, 1.807) is 6.92 Å². The van der Waals surface area contributed by atoms with E-state index in [1.807, 2.05) is 12.3 Å². The molecule has 3 aromatic rings. The summed E-state index contributed by atoms with van der Waals surface area (Å²) in [6.45, 7) is 3.51. The number of nitrogens with zero attached hydrogens (tertiary/aromatic N) is 5. The number of hydrogen-bond donors (Lipinski definition) is 1. The molecule has 0 aromatic carbocycles. The first kappa shape index (κ1) is 20.0. The van der Waals surface area contributed by atoms with E-state index in [4.69, 9.17) is 10.2 Å². The summed E-state index contributed by atoms with van der Waals surface area (Å²) in [7, 11) is 2.69. The molecule has 1 unspecified atom stereocenters. The molecule has 0 aliphatic carbocycles. The standard InChI is InChI=1S/C16H18N6O4S2/c1-7(12(23)11-13(17)21(3)16(25)22(4)14(11)24)28-15-20-19-10(26-15)5-9-6-27-8(2)18-9/h6-7H,5,17H2,1-4H3. The van der Waals surface area contributed by atoms with Gasteiger partial charge in [0.25, 0.3) is 10.8 Å². The number of carbonyl (C=O) groups is 1. The molecule has 0 aliphatic heterocycles. The van der Waals surface area contributed by atoms with Crippen molar-refractivity contribution in [2.24, 2.45) is 14.1 Å². The Balaban J connectivity index is 1.79. The van der Waals surface area contributed by atoms with Crippen molar-refractivity contribution in [3.05, 3.63) is 48.4 Å². The maximum Gasteiger partial charge on any atom is 0.332 e. The number of nitrogens with two attached hydrogens (primary N) is 1. The van der Waals surface area contributed by atoms with Gasteiger partial charge >= 0.3 is 5.69 Å². The fraction of sp³-hybridized carbons (Fsp3) is 0.375. The average Bonchev–Trinajstić information content (AvgIpc) is 3.27. The Hall–Kier alpha value is -2.73. The van der Waals surface area contributed by atoms with Crippen LogP contribution in [0.3, 0.4) is 0 Å². The lowest BCUT2D eigenvalue weighted by atomic mass is 10.1. The first-order chi connectivity index (χ1) is 13.2. The Bertz CT molecular complexity index is 1160. The summed E-state index contributed by atoms with van der Waals surface area (Å²) in [5.41, 5.74) is 5.10. The number of ketones is 1. The summed E-state index contributed by atoms with van der Waals surface area (Å²) in [4.78, 5) is 41.4. The SMILES string of the molecule is Cc1nc(Cc2nnc(SC(C)C(=O)c3c(N)n(C)c(=O)n(C)c3=O)o2)cs1. The Labute approximate surface area is 167 Å². The van der Waals surface area contributed by atoms with E-state index in [9.17, 15) is 14.4 Å². The molecule has 3 heterocycles. The number of carbonyl (C=O) groups excluding carboxylic acids is 1. The molecular weight excluding hydrogens is 404 g/mol. The van der Waals surface area contributed by atoms with E-state index in [2.05, 4.69) is 15.2 Å². The molecule has 2 N–H and O–H groups in total. The van der Waals surface area contributed by atoms with Crippen LogP contribution < -0.4 is 17.0 Å². The minimum absolute atomic E-state index is 0.171. The van der Waals surface area contributed by atoms with Crippen LogP contribution in [-0.2, 0) is 20.5 Å². The normalized spacial score (nSPS) is 12.3. The molecule has 0 bridgehead atoms. The first-order valence-corrected chi connectivity index (χ1v) is 9.94. The number of thiazole rings is 1. The fourth-order valence-corrected chi connectivity index (χ4v) is 3.87. The number of hydrogen-bond acceptors (Lipinski definition) is 10. The van der Waals surface area contributed by atoms with Crippen LogP contribution >= 0.6 is 23.1 Å². The molecule has 0 radical (unpaired) electrons. The molecule has 0 saturated heterocycles. The highest BCUT2D eigenvalue weighted by atomic mass is 32.2. The monoisotopic (exact) mass is 422 g/mol. The molecule has 0 spiro atoms. The third-order valence-electron chi connectivity index (χ3n) is 4.05. The van der Waals surface area contributed by atoms with Gasteiger partial charge in [-0.25, -0.2) is 9.78 Å². The van der Waals surface area contributed by atoms with E-state index >= 15 is 0 Å². The van der Waals surface area contributed by atoms with Crippen molar-refractivity contribution in [3.8, 4) is 0 Å². The van der Waals surface area contributed by atoms with Crippen LogP contribution in [0.25, 0.3) is 0 Å². The maximum absolute atomic E-state index is 12.8. The summed E-state index contributed by atoms with van der Waals surface area (Å²) < 4.78 is 7.47. The number of Topliss-reactive ketones (excluding diaryl/α,β-unsaturated/α-hetero) is 1. The molecule has 0 amide bonds. The molecule has 0 fully saturated rings. The van der Waals surface area contributed by atoms with E-state index < -0.39 is 22.3 Å². The lowest BCUT2D eigenvalue weighted by molar-refractivity contribution is 0.0991. The van der Waals surface area contributed by atoms with Gasteiger partial charge in [0, 0.05) is 19.5 Å². The topological polar surface area (TPSA) is 139 Å². The van der Waals surface area contributed by atoms with Gasteiger partial charge in [-0.2, -0.15) is 0 Å². The molecule has 1 atom stereocenters. The molecule has 12 heteroatoms. The van der Waals surface area contributed by atoms with E-state index in [1.165, 1.54) is 25.4 Å². The highest BCUT2D eigenvalue weighted by molar-refractivity contribution is 8.00. The predicted octanol–water partition coefficient (Wildman–Crippen LogP) is 0.768. The zero-order valence-electron chi connectivity index (χ0n) is 15.6. The summed E-state index contributed by atoms with van der Waals surface area (Å²) in [5, 5.41) is 10.2. The van der Waals surface area contributed by atoms with Gasteiger partial charge < -0.3 is 10.2 Å². The summed E-state index contributed by atoms with van der Waals surface area (Å²) in [5.74, 6) is -0.311. The lowest BCUT2D eigenvalue weighted by Crippen LogP contribution is -2.42. The number of aryl methyl sites for hydroxylation is 1. The summed E-state index contributed by atoms with van der Waals surface area (Å²) in [6, 6.07) is 0. The van der Waals surface area contributed by atoms with Crippen molar-refractivity contribution in [1.29, 1.82) is 0 Å². The third-order valence-corrected chi connectivity index (χ3v) is 5.81. The third kappa shape index (κ3) is 3.78. The Morgan fingerprint density at radius 2 is 2.04 bits per heavy atom. The smallest absolute Gasteiger partial charge is 0.332 e. The number of nitrogen functional groups attached to an aromatic ring is 1. The quantitative estimate of drug-likeness (QED) is 0.450. The number of thioether (sulfide) groups is 1. The Morgan fingerprint density at radius 3 is 2.68 bits per heavy atom. The van der Waals surface area contributed by atoms with Crippen molar-refractivity contribution >= 4 is 34.7 Å². The van der Waals surface area contributed by atoms with Crippen LogP contribution in [0, 0.1) is 6.92 Å². The van der Waals surface area contributed by atoms with Crippen molar-refractivity contribution in [1.82, 2.24) is 24.3 Å². The minimum atomic E-state index is -0.733. The van der Waals surface area contributed by atoms with E-state index in [-0.39, 0.29) is 16.6 Å². The lowest BCUT2D eigenvalue weighted by Gasteiger charge is -2.13. The average molecular weight is 422 g/mol. The summed E-state index contributed by atoms with van der Waals surface area (Å²) >= 11 is 2.55. The van der Waals surface area contributed by atoms with Crippen molar-refractivity contribution in [2.75, 3.05) is 5.73 Å². The maximum atomic E-state index is 12.8. The Morgan fingerprint density at radius 1 is 1.32 bits per heavy atom. The van der Waals surface area contributed by atoms with Gasteiger partial charge in [-0.05, 0) is 13.8 Å². The van der Waals surface area contributed by atoms with Crippen molar-refractivity contribution in [3.63, 3.8) is 0 Å². The van der Waals surface area contributed by atoms with Crippen LogP contribution in [0.4, 0.5) is 5.82 Å². The Kier molecular flexibility index (Phi) is 5.52. The molecule has 10 nitrogen and oxygen atoms in total. The van der Waals surface area contributed by atoms with Gasteiger partial charge in [0.05, 0.1) is 22.4 Å². The van der Waals surface area contributed by atoms with Gasteiger partial charge in [0.2, 0.25) is 5.89 Å². The minimum Gasteiger partial charge on any atom is -0.416 e. The second-order valence-electron chi connectivity index (χ2n) is 6.09. The van der Waals surface area contributed by atoms with Crippen LogP contribution in [0.2, 0.25) is 0 Å².